The van der Waals surface area contributed by atoms with Gasteiger partial charge in [-0.05, 0) is 0 Å². The summed E-state index contributed by atoms with van der Waals surface area (Å²) < 4.78 is 7.33. The molecule has 7 nitrogen and oxygen atoms in total. The molecule has 1 aliphatic rings. The van der Waals surface area contributed by atoms with Gasteiger partial charge in [0.25, 0.3) is 0 Å². The number of nitriles is 1. The molecule has 0 saturated carbocycles. The maximum atomic E-state index is 9.62. The zero-order valence-electron chi connectivity index (χ0n) is 14.0. The van der Waals surface area contributed by atoms with E-state index in [4.69, 9.17) is 10.5 Å². The second-order valence-corrected chi connectivity index (χ2v) is 6.78. The SMILES string of the molecule is C=CCn1cc(C2C(C#N)=C(N)Oc3n[nH]c(C(C)(C)C)c32)cn1. The van der Waals surface area contributed by atoms with Crippen molar-refractivity contribution in [3.05, 3.63) is 53.3 Å². The third-order valence-electron chi connectivity index (χ3n) is 3.99. The maximum absolute atomic E-state index is 9.62. The predicted molar refractivity (Wildman–Crippen MR) is 89.0 cm³/mol. The van der Waals surface area contributed by atoms with Gasteiger partial charge in [0, 0.05) is 22.9 Å². The molecular formula is C17H20N6O. The van der Waals surface area contributed by atoms with E-state index in [2.05, 4.69) is 48.7 Å². The summed E-state index contributed by atoms with van der Waals surface area (Å²) in [5.41, 5.74) is 8.76. The molecule has 0 bridgehead atoms. The van der Waals surface area contributed by atoms with E-state index in [0.717, 1.165) is 16.8 Å². The number of hydrogen-bond acceptors (Lipinski definition) is 5. The van der Waals surface area contributed by atoms with Crippen molar-refractivity contribution in [1.82, 2.24) is 20.0 Å². The van der Waals surface area contributed by atoms with Crippen LogP contribution in [-0.4, -0.2) is 20.0 Å². The Balaban J connectivity index is 2.20. The fourth-order valence-electron chi connectivity index (χ4n) is 2.91. The number of aromatic nitrogens is 4. The molecule has 1 atom stereocenters. The number of fused-ring (bicyclic) bond motifs is 1. The van der Waals surface area contributed by atoms with Gasteiger partial charge in [-0.1, -0.05) is 26.8 Å². The average molecular weight is 324 g/mol. The van der Waals surface area contributed by atoms with Crippen molar-refractivity contribution < 1.29 is 4.74 Å². The molecule has 7 heteroatoms. The topological polar surface area (TPSA) is 106 Å². The van der Waals surface area contributed by atoms with Gasteiger partial charge in [-0.2, -0.15) is 10.4 Å². The Kier molecular flexibility index (Phi) is 3.68. The van der Waals surface area contributed by atoms with Crippen molar-refractivity contribution in [3.8, 4) is 11.9 Å². The van der Waals surface area contributed by atoms with Crippen LogP contribution in [0.15, 0.2) is 36.5 Å². The van der Waals surface area contributed by atoms with Crippen molar-refractivity contribution in [2.45, 2.75) is 38.6 Å². The summed E-state index contributed by atoms with van der Waals surface area (Å²) in [6, 6.07) is 2.18. The normalized spacial score (nSPS) is 17.2. The monoisotopic (exact) mass is 324 g/mol. The smallest absolute Gasteiger partial charge is 0.244 e. The average Bonchev–Trinajstić information content (AvgIpc) is 3.12. The Morgan fingerprint density at radius 3 is 2.92 bits per heavy atom. The van der Waals surface area contributed by atoms with Crippen LogP contribution in [0.3, 0.4) is 0 Å². The third kappa shape index (κ3) is 2.46. The molecule has 3 heterocycles. The quantitative estimate of drug-likeness (QED) is 0.843. The van der Waals surface area contributed by atoms with Gasteiger partial charge in [0.1, 0.15) is 11.6 Å². The number of nitrogens with one attached hydrogen (secondary N) is 1. The van der Waals surface area contributed by atoms with Crippen LogP contribution in [0.4, 0.5) is 0 Å². The first-order chi connectivity index (χ1) is 11.4. The third-order valence-corrected chi connectivity index (χ3v) is 3.99. The summed E-state index contributed by atoms with van der Waals surface area (Å²) in [6.07, 6.45) is 5.40. The molecule has 0 aromatic carbocycles. The molecular weight excluding hydrogens is 304 g/mol. The molecule has 0 radical (unpaired) electrons. The lowest BCUT2D eigenvalue weighted by Crippen LogP contribution is -2.23. The van der Waals surface area contributed by atoms with Crippen LogP contribution >= 0.6 is 0 Å². The summed E-state index contributed by atoms with van der Waals surface area (Å²) in [4.78, 5) is 0. The highest BCUT2D eigenvalue weighted by Gasteiger charge is 2.38. The van der Waals surface area contributed by atoms with Crippen LogP contribution in [0, 0.1) is 11.3 Å². The van der Waals surface area contributed by atoms with Crippen LogP contribution in [0.5, 0.6) is 5.88 Å². The molecule has 1 aliphatic heterocycles. The van der Waals surface area contributed by atoms with Gasteiger partial charge in [-0.3, -0.25) is 9.78 Å². The molecule has 24 heavy (non-hydrogen) atoms. The van der Waals surface area contributed by atoms with Crippen LogP contribution < -0.4 is 10.5 Å². The van der Waals surface area contributed by atoms with E-state index in [0.29, 0.717) is 18.0 Å². The van der Waals surface area contributed by atoms with Gasteiger partial charge >= 0.3 is 0 Å². The number of ether oxygens (including phenoxy) is 1. The minimum atomic E-state index is -0.356. The zero-order chi connectivity index (χ0) is 17.5. The molecule has 0 fully saturated rings. The first-order valence-corrected chi connectivity index (χ1v) is 7.66. The fourth-order valence-corrected chi connectivity index (χ4v) is 2.91. The minimum absolute atomic E-state index is 0.0819. The van der Waals surface area contributed by atoms with Crippen LogP contribution in [0.1, 0.15) is 43.5 Å². The lowest BCUT2D eigenvalue weighted by molar-refractivity contribution is 0.378. The van der Waals surface area contributed by atoms with Gasteiger partial charge in [-0.25, -0.2) is 0 Å². The summed E-state index contributed by atoms with van der Waals surface area (Å²) in [7, 11) is 0. The lowest BCUT2D eigenvalue weighted by Gasteiger charge is -2.26. The number of nitrogens with zero attached hydrogens (tertiary/aromatic N) is 4. The Morgan fingerprint density at radius 1 is 1.54 bits per heavy atom. The largest absolute Gasteiger partial charge is 0.420 e. The van der Waals surface area contributed by atoms with E-state index in [-0.39, 0.29) is 17.2 Å². The van der Waals surface area contributed by atoms with Crippen molar-refractivity contribution >= 4 is 0 Å². The molecule has 0 spiro atoms. The Bertz CT molecular complexity index is 859. The number of allylic oxidation sites excluding steroid dienone is 2. The highest BCUT2D eigenvalue weighted by molar-refractivity contribution is 5.55. The molecule has 3 rings (SSSR count). The molecule has 0 saturated heterocycles. The Morgan fingerprint density at radius 2 is 2.29 bits per heavy atom. The summed E-state index contributed by atoms with van der Waals surface area (Å²) in [5.74, 6) is 0.140. The van der Waals surface area contributed by atoms with E-state index >= 15 is 0 Å². The molecule has 2 aromatic heterocycles. The minimum Gasteiger partial charge on any atom is -0.420 e. The Hall–Kier alpha value is -3.01. The van der Waals surface area contributed by atoms with E-state index < -0.39 is 0 Å². The number of nitrogens with two attached hydrogens (primary N) is 1. The summed E-state index contributed by atoms with van der Waals surface area (Å²) >= 11 is 0. The number of H-pyrrole nitrogens is 1. The molecule has 0 aliphatic carbocycles. The van der Waals surface area contributed by atoms with E-state index in [9.17, 15) is 5.26 Å². The van der Waals surface area contributed by atoms with Gasteiger partial charge in [0.15, 0.2) is 0 Å². The number of hydrogen-bond donors (Lipinski definition) is 2. The van der Waals surface area contributed by atoms with Crippen LogP contribution in [0.2, 0.25) is 0 Å². The summed E-state index contributed by atoms with van der Waals surface area (Å²) in [6.45, 7) is 10.5. The van der Waals surface area contributed by atoms with Crippen molar-refractivity contribution in [1.29, 1.82) is 5.26 Å². The van der Waals surface area contributed by atoms with Gasteiger partial charge in [0.2, 0.25) is 11.8 Å². The van der Waals surface area contributed by atoms with E-state index in [1.807, 2.05) is 6.20 Å². The van der Waals surface area contributed by atoms with Crippen LogP contribution in [0.25, 0.3) is 0 Å². The molecule has 0 amide bonds. The predicted octanol–water partition coefficient (Wildman–Crippen LogP) is 2.31. The molecule has 3 N–H and O–H groups in total. The van der Waals surface area contributed by atoms with Gasteiger partial charge in [0.05, 0.1) is 24.2 Å². The first kappa shape index (κ1) is 15.9. The second-order valence-electron chi connectivity index (χ2n) is 6.78. The highest BCUT2D eigenvalue weighted by Crippen LogP contribution is 2.45. The van der Waals surface area contributed by atoms with Crippen molar-refractivity contribution in [2.24, 2.45) is 5.73 Å². The van der Waals surface area contributed by atoms with Gasteiger partial charge < -0.3 is 10.5 Å². The van der Waals surface area contributed by atoms with Crippen molar-refractivity contribution in [3.63, 3.8) is 0 Å². The highest BCUT2D eigenvalue weighted by atomic mass is 16.5. The zero-order valence-corrected chi connectivity index (χ0v) is 14.0. The maximum Gasteiger partial charge on any atom is 0.244 e. The second kappa shape index (κ2) is 5.57. The van der Waals surface area contributed by atoms with E-state index in [1.54, 1.807) is 17.0 Å². The summed E-state index contributed by atoms with van der Waals surface area (Å²) in [5, 5.41) is 21.2. The van der Waals surface area contributed by atoms with Gasteiger partial charge in [-0.15, -0.1) is 11.7 Å². The standard InChI is InChI=1S/C17H20N6O/c1-5-6-23-9-10(8-20-23)12-11(7-18)15(19)24-16-13(12)14(21-22-16)17(2,3)4/h5,8-9,12H,1,6,19H2,2-4H3,(H,21,22). The molecule has 1 unspecified atom stereocenters. The number of aromatic amines is 1. The molecule has 124 valence electrons. The Labute approximate surface area is 140 Å². The lowest BCUT2D eigenvalue weighted by atomic mass is 9.79. The fraction of sp³-hybridized carbons (Fsp3) is 0.353. The van der Waals surface area contributed by atoms with Crippen molar-refractivity contribution in [2.75, 3.05) is 0 Å². The first-order valence-electron chi connectivity index (χ1n) is 7.66. The number of rotatable bonds is 3. The van der Waals surface area contributed by atoms with E-state index in [1.165, 1.54) is 0 Å². The van der Waals surface area contributed by atoms with Crippen LogP contribution in [-0.2, 0) is 12.0 Å². The molecule has 2 aromatic rings.